The Morgan fingerprint density at radius 3 is 2.34 bits per heavy atom. The average Bonchev–Trinajstić information content (AvgIpc) is 2.78. The van der Waals surface area contributed by atoms with E-state index in [2.05, 4.69) is 5.32 Å². The summed E-state index contributed by atoms with van der Waals surface area (Å²) in [5, 5.41) is 2.68. The van der Waals surface area contributed by atoms with Gasteiger partial charge < -0.3 is 15.0 Å². The van der Waals surface area contributed by atoms with Crippen LogP contribution in [0.2, 0.25) is 0 Å². The standard InChI is InChI=1S/C23H26N2O4/c1-2-29-20-11-7-6-10-19(20)23(28)24-16-21(26)25-14-12-18(13-15-25)22(27)17-8-4-3-5-9-17/h3-11,18H,2,12-16H2,1H3,(H,24,28). The molecule has 1 N–H and O–H groups in total. The molecule has 29 heavy (non-hydrogen) atoms. The number of Topliss-reactive ketones (excluding diaryl/α,β-unsaturated/α-hetero) is 1. The minimum absolute atomic E-state index is 0.0610. The van der Waals surface area contributed by atoms with Gasteiger partial charge in [0.05, 0.1) is 18.7 Å². The second-order valence-corrected chi connectivity index (χ2v) is 7.00. The molecule has 6 heteroatoms. The Bertz CT molecular complexity index is 858. The van der Waals surface area contributed by atoms with E-state index in [-0.39, 0.29) is 30.1 Å². The fraction of sp³-hybridized carbons (Fsp3) is 0.348. The van der Waals surface area contributed by atoms with E-state index in [1.165, 1.54) is 0 Å². The lowest BCUT2D eigenvalue weighted by Gasteiger charge is -2.31. The number of ether oxygens (including phenoxy) is 1. The van der Waals surface area contributed by atoms with E-state index >= 15 is 0 Å². The number of carbonyl (C=O) groups excluding carboxylic acids is 3. The lowest BCUT2D eigenvalue weighted by molar-refractivity contribution is -0.131. The monoisotopic (exact) mass is 394 g/mol. The molecule has 1 saturated heterocycles. The quantitative estimate of drug-likeness (QED) is 0.733. The van der Waals surface area contributed by atoms with Gasteiger partial charge >= 0.3 is 0 Å². The Hall–Kier alpha value is -3.15. The molecule has 1 fully saturated rings. The zero-order chi connectivity index (χ0) is 20.6. The van der Waals surface area contributed by atoms with Crippen molar-refractivity contribution in [3.8, 4) is 5.75 Å². The highest BCUT2D eigenvalue weighted by molar-refractivity contribution is 5.99. The maximum absolute atomic E-state index is 12.6. The van der Waals surface area contributed by atoms with Crippen molar-refractivity contribution in [1.82, 2.24) is 10.2 Å². The molecular weight excluding hydrogens is 368 g/mol. The van der Waals surface area contributed by atoms with Crippen LogP contribution in [0.4, 0.5) is 0 Å². The first-order chi connectivity index (χ1) is 14.1. The fourth-order valence-corrected chi connectivity index (χ4v) is 3.53. The van der Waals surface area contributed by atoms with Crippen LogP contribution < -0.4 is 10.1 Å². The molecule has 2 amide bonds. The number of para-hydroxylation sites is 1. The van der Waals surface area contributed by atoms with E-state index in [1.54, 1.807) is 29.2 Å². The Labute approximate surface area is 170 Å². The van der Waals surface area contributed by atoms with Crippen molar-refractivity contribution in [2.75, 3.05) is 26.2 Å². The molecule has 0 saturated carbocycles. The van der Waals surface area contributed by atoms with E-state index in [4.69, 9.17) is 4.74 Å². The Balaban J connectivity index is 1.49. The van der Waals surface area contributed by atoms with Crippen LogP contribution in [-0.4, -0.2) is 48.7 Å². The largest absolute Gasteiger partial charge is 0.493 e. The summed E-state index contributed by atoms with van der Waals surface area (Å²) in [4.78, 5) is 39.2. The van der Waals surface area contributed by atoms with Crippen molar-refractivity contribution in [3.05, 3.63) is 65.7 Å². The third-order valence-electron chi connectivity index (χ3n) is 5.11. The second kappa shape index (κ2) is 9.87. The van der Waals surface area contributed by atoms with E-state index in [0.29, 0.717) is 43.9 Å². The Morgan fingerprint density at radius 2 is 1.66 bits per heavy atom. The summed E-state index contributed by atoms with van der Waals surface area (Å²) in [6.07, 6.45) is 1.28. The van der Waals surface area contributed by atoms with Crippen molar-refractivity contribution in [3.63, 3.8) is 0 Å². The van der Waals surface area contributed by atoms with Gasteiger partial charge in [-0.05, 0) is 31.9 Å². The van der Waals surface area contributed by atoms with E-state index in [9.17, 15) is 14.4 Å². The number of benzene rings is 2. The van der Waals surface area contributed by atoms with Crippen LogP contribution in [0.3, 0.4) is 0 Å². The van der Waals surface area contributed by atoms with Gasteiger partial charge in [0.1, 0.15) is 5.75 Å². The number of carbonyl (C=O) groups is 3. The van der Waals surface area contributed by atoms with Crippen LogP contribution >= 0.6 is 0 Å². The van der Waals surface area contributed by atoms with Crippen molar-refractivity contribution in [1.29, 1.82) is 0 Å². The summed E-state index contributed by atoms with van der Waals surface area (Å²) in [5.74, 6) is 0.0993. The average molecular weight is 394 g/mol. The van der Waals surface area contributed by atoms with Crippen LogP contribution in [0.1, 0.15) is 40.5 Å². The maximum atomic E-state index is 12.6. The van der Waals surface area contributed by atoms with Gasteiger partial charge in [-0.15, -0.1) is 0 Å². The normalized spacial score (nSPS) is 14.3. The molecule has 0 atom stereocenters. The molecule has 3 rings (SSSR count). The van der Waals surface area contributed by atoms with Gasteiger partial charge in [0.25, 0.3) is 5.91 Å². The molecule has 6 nitrogen and oxygen atoms in total. The van der Waals surface area contributed by atoms with Gasteiger partial charge in [0, 0.05) is 24.6 Å². The number of piperidine rings is 1. The van der Waals surface area contributed by atoms with Crippen molar-refractivity contribution >= 4 is 17.6 Å². The van der Waals surface area contributed by atoms with Gasteiger partial charge in [-0.25, -0.2) is 0 Å². The van der Waals surface area contributed by atoms with E-state index in [1.807, 2.05) is 37.3 Å². The Morgan fingerprint density at radius 1 is 1.00 bits per heavy atom. The highest BCUT2D eigenvalue weighted by Crippen LogP contribution is 2.22. The zero-order valence-electron chi connectivity index (χ0n) is 16.6. The first-order valence-electron chi connectivity index (χ1n) is 9.97. The molecule has 2 aromatic rings. The Kier molecular flexibility index (Phi) is 7.00. The number of nitrogens with zero attached hydrogens (tertiary/aromatic N) is 1. The van der Waals surface area contributed by atoms with Crippen LogP contribution in [0.15, 0.2) is 54.6 Å². The SMILES string of the molecule is CCOc1ccccc1C(=O)NCC(=O)N1CCC(C(=O)c2ccccc2)CC1. The fourth-order valence-electron chi connectivity index (χ4n) is 3.53. The molecule has 0 unspecified atom stereocenters. The van der Waals surface area contributed by atoms with E-state index < -0.39 is 0 Å². The lowest BCUT2D eigenvalue weighted by Crippen LogP contribution is -2.45. The minimum Gasteiger partial charge on any atom is -0.493 e. The summed E-state index contributed by atoms with van der Waals surface area (Å²) in [5.41, 5.74) is 1.13. The number of hydrogen-bond acceptors (Lipinski definition) is 4. The van der Waals surface area contributed by atoms with Gasteiger partial charge in [0.2, 0.25) is 5.91 Å². The van der Waals surface area contributed by atoms with Crippen molar-refractivity contribution in [2.45, 2.75) is 19.8 Å². The van der Waals surface area contributed by atoms with Gasteiger partial charge in [-0.3, -0.25) is 14.4 Å². The molecular formula is C23H26N2O4. The van der Waals surface area contributed by atoms with Crippen LogP contribution in [0, 0.1) is 5.92 Å². The highest BCUT2D eigenvalue weighted by Gasteiger charge is 2.28. The molecule has 0 radical (unpaired) electrons. The highest BCUT2D eigenvalue weighted by atomic mass is 16.5. The molecule has 0 spiro atoms. The summed E-state index contributed by atoms with van der Waals surface area (Å²) in [6.45, 7) is 3.28. The number of nitrogens with one attached hydrogen (secondary N) is 1. The van der Waals surface area contributed by atoms with Crippen molar-refractivity contribution < 1.29 is 19.1 Å². The number of amides is 2. The number of rotatable bonds is 7. The molecule has 1 aliphatic rings. The first-order valence-corrected chi connectivity index (χ1v) is 9.97. The first kappa shape index (κ1) is 20.6. The predicted molar refractivity (Wildman–Crippen MR) is 110 cm³/mol. The predicted octanol–water partition coefficient (Wildman–Crippen LogP) is 2.94. The molecule has 1 heterocycles. The van der Waals surface area contributed by atoms with E-state index in [0.717, 1.165) is 5.56 Å². The lowest BCUT2D eigenvalue weighted by atomic mass is 9.89. The topological polar surface area (TPSA) is 75.7 Å². The summed E-state index contributed by atoms with van der Waals surface area (Å²) in [7, 11) is 0. The van der Waals surface area contributed by atoms with Gasteiger partial charge in [-0.2, -0.15) is 0 Å². The molecule has 152 valence electrons. The number of likely N-dealkylation sites (tertiary alicyclic amines) is 1. The maximum Gasteiger partial charge on any atom is 0.255 e. The molecule has 0 aromatic heterocycles. The second-order valence-electron chi connectivity index (χ2n) is 7.00. The summed E-state index contributed by atoms with van der Waals surface area (Å²) >= 11 is 0. The van der Waals surface area contributed by atoms with Crippen LogP contribution in [0.25, 0.3) is 0 Å². The minimum atomic E-state index is -0.337. The van der Waals surface area contributed by atoms with Gasteiger partial charge in [-0.1, -0.05) is 42.5 Å². The number of ketones is 1. The summed E-state index contributed by atoms with van der Waals surface area (Å²) < 4.78 is 5.46. The molecule has 1 aliphatic heterocycles. The summed E-state index contributed by atoms with van der Waals surface area (Å²) in [6, 6.07) is 16.2. The molecule has 0 aliphatic carbocycles. The van der Waals surface area contributed by atoms with Crippen LogP contribution in [-0.2, 0) is 4.79 Å². The smallest absolute Gasteiger partial charge is 0.255 e. The zero-order valence-corrected chi connectivity index (χ0v) is 16.6. The van der Waals surface area contributed by atoms with Crippen molar-refractivity contribution in [2.24, 2.45) is 5.92 Å². The van der Waals surface area contributed by atoms with Crippen LogP contribution in [0.5, 0.6) is 5.75 Å². The number of hydrogen-bond donors (Lipinski definition) is 1. The van der Waals surface area contributed by atoms with Gasteiger partial charge in [0.15, 0.2) is 5.78 Å². The third-order valence-corrected chi connectivity index (χ3v) is 5.11. The molecule has 0 bridgehead atoms. The third kappa shape index (κ3) is 5.22. The molecule has 2 aromatic carbocycles.